The van der Waals surface area contributed by atoms with E-state index < -0.39 is 36.1 Å². The molecule has 2 heterocycles. The van der Waals surface area contributed by atoms with Crippen molar-refractivity contribution in [3.63, 3.8) is 0 Å². The average molecular weight is 505 g/mol. The number of allylic oxidation sites excluding steroid dienone is 1. The second-order valence-corrected chi connectivity index (χ2v) is 11.9. The third kappa shape index (κ3) is 4.09. The van der Waals surface area contributed by atoms with Crippen LogP contribution in [0.25, 0.3) is 0 Å². The number of fused-ring (bicyclic) bond motifs is 3. The molecule has 0 aromatic carbocycles. The first-order valence-corrected chi connectivity index (χ1v) is 13.3. The van der Waals surface area contributed by atoms with Crippen LogP contribution in [0.15, 0.2) is 23.3 Å². The lowest BCUT2D eigenvalue weighted by atomic mass is 9.49. The molecule has 11 atom stereocenters. The number of ketones is 1. The van der Waals surface area contributed by atoms with E-state index in [2.05, 4.69) is 13.0 Å². The molecule has 0 unspecified atom stereocenters. The number of cyclic esters (lactones) is 1. The third-order valence-electron chi connectivity index (χ3n) is 9.90. The predicted octanol–water partition coefficient (Wildman–Crippen LogP) is 2.85. The van der Waals surface area contributed by atoms with Gasteiger partial charge in [-0.1, -0.05) is 18.6 Å². The standard InChI is InChI=1S/C28H40O8/c1-14-19(11-23(30)34-14)27(3)9-8-18-17(26(27)32)7-6-16-10-21(20(29)13-28(16,18)4)36-24-12-22(33-5)25(31)15(2)35-24/h6,11,14-15,17-18,20-22,24-25,29,31H,7-10,12-13H2,1-5H3/t14-,15+,17+,18-,20+,21+,22-,24-,25+,27+,28-/m0/s1. The van der Waals surface area contributed by atoms with Crippen molar-refractivity contribution in [2.75, 3.05) is 7.11 Å². The summed E-state index contributed by atoms with van der Waals surface area (Å²) in [7, 11) is 1.57. The van der Waals surface area contributed by atoms with Gasteiger partial charge >= 0.3 is 5.97 Å². The molecule has 0 spiro atoms. The van der Waals surface area contributed by atoms with E-state index in [-0.39, 0.29) is 41.2 Å². The number of carbonyl (C=O) groups excluding carboxylic acids is 2. The minimum atomic E-state index is -0.713. The highest BCUT2D eigenvalue weighted by atomic mass is 16.7. The first kappa shape index (κ1) is 26.0. The highest BCUT2D eigenvalue weighted by Gasteiger charge is 2.58. The van der Waals surface area contributed by atoms with Gasteiger partial charge in [-0.25, -0.2) is 4.79 Å². The molecule has 5 rings (SSSR count). The zero-order chi connectivity index (χ0) is 26.0. The Morgan fingerprint density at radius 3 is 2.56 bits per heavy atom. The van der Waals surface area contributed by atoms with E-state index in [9.17, 15) is 19.8 Å². The van der Waals surface area contributed by atoms with Crippen LogP contribution in [0.5, 0.6) is 0 Å². The van der Waals surface area contributed by atoms with E-state index >= 15 is 0 Å². The first-order valence-electron chi connectivity index (χ1n) is 13.3. The van der Waals surface area contributed by atoms with Crippen molar-refractivity contribution < 1.29 is 38.7 Å². The SMILES string of the molecule is CO[C@H]1C[C@H](O[C@@H]2CC3=CC[C@H]4C(=O)[C@@](C)(C5=CC(=O)O[C@H]5C)CC[C@@H]4[C@@]3(C)C[C@H]2O)O[C@H](C)[C@H]1O. The van der Waals surface area contributed by atoms with Crippen molar-refractivity contribution in [2.24, 2.45) is 22.7 Å². The number of hydrogen-bond donors (Lipinski definition) is 2. The molecule has 200 valence electrons. The Morgan fingerprint density at radius 1 is 1.14 bits per heavy atom. The maximum atomic E-state index is 13.9. The second-order valence-electron chi connectivity index (χ2n) is 11.9. The zero-order valence-corrected chi connectivity index (χ0v) is 21.9. The summed E-state index contributed by atoms with van der Waals surface area (Å²) in [6.07, 6.45) is 3.87. The first-order chi connectivity index (χ1) is 17.0. The van der Waals surface area contributed by atoms with Crippen LogP contribution in [-0.4, -0.2) is 72.0 Å². The number of rotatable bonds is 4. The summed E-state index contributed by atoms with van der Waals surface area (Å²) in [5.74, 6) is -0.178. The minimum Gasteiger partial charge on any atom is -0.455 e. The molecule has 36 heavy (non-hydrogen) atoms. The maximum Gasteiger partial charge on any atom is 0.331 e. The summed E-state index contributed by atoms with van der Waals surface area (Å²) in [4.78, 5) is 25.8. The van der Waals surface area contributed by atoms with Gasteiger partial charge in [0.05, 0.1) is 29.8 Å². The van der Waals surface area contributed by atoms with Crippen LogP contribution in [0.1, 0.15) is 66.2 Å². The summed E-state index contributed by atoms with van der Waals surface area (Å²) in [6, 6.07) is 0. The van der Waals surface area contributed by atoms with Crippen molar-refractivity contribution in [3.05, 3.63) is 23.3 Å². The average Bonchev–Trinajstić information content (AvgIpc) is 3.17. The Balaban J connectivity index is 1.32. The van der Waals surface area contributed by atoms with Crippen LogP contribution in [0, 0.1) is 22.7 Å². The molecule has 3 fully saturated rings. The van der Waals surface area contributed by atoms with Gasteiger partial charge < -0.3 is 29.2 Å². The Hall–Kier alpha value is -1.58. The molecule has 0 bridgehead atoms. The molecule has 1 saturated heterocycles. The van der Waals surface area contributed by atoms with E-state index in [1.807, 2.05) is 13.8 Å². The quantitative estimate of drug-likeness (QED) is 0.444. The summed E-state index contributed by atoms with van der Waals surface area (Å²) in [5, 5.41) is 21.5. The van der Waals surface area contributed by atoms with Gasteiger partial charge in [-0.3, -0.25) is 4.79 Å². The van der Waals surface area contributed by atoms with Crippen LogP contribution >= 0.6 is 0 Å². The molecule has 2 aliphatic heterocycles. The van der Waals surface area contributed by atoms with Crippen molar-refractivity contribution in [2.45, 2.75) is 109 Å². The highest BCUT2D eigenvalue weighted by Crippen LogP contribution is 2.60. The third-order valence-corrected chi connectivity index (χ3v) is 9.90. The van der Waals surface area contributed by atoms with Crippen molar-refractivity contribution in [3.8, 4) is 0 Å². The van der Waals surface area contributed by atoms with E-state index in [0.29, 0.717) is 32.1 Å². The number of aliphatic hydroxyl groups excluding tert-OH is 2. The summed E-state index contributed by atoms with van der Waals surface area (Å²) < 4.78 is 22.8. The smallest absolute Gasteiger partial charge is 0.331 e. The van der Waals surface area contributed by atoms with E-state index in [1.54, 1.807) is 14.0 Å². The maximum absolute atomic E-state index is 13.9. The van der Waals surface area contributed by atoms with E-state index in [4.69, 9.17) is 18.9 Å². The summed E-state index contributed by atoms with van der Waals surface area (Å²) in [6.45, 7) is 7.78. The van der Waals surface area contributed by atoms with Crippen LogP contribution < -0.4 is 0 Å². The fourth-order valence-electron chi connectivity index (χ4n) is 7.73. The summed E-state index contributed by atoms with van der Waals surface area (Å²) >= 11 is 0. The Bertz CT molecular complexity index is 973. The topological polar surface area (TPSA) is 112 Å². The molecule has 5 aliphatic rings. The van der Waals surface area contributed by atoms with Gasteiger partial charge in [-0.05, 0) is 69.8 Å². The minimum absolute atomic E-state index is 0.140. The van der Waals surface area contributed by atoms with Gasteiger partial charge in [0.15, 0.2) is 6.29 Å². The largest absolute Gasteiger partial charge is 0.455 e. The van der Waals surface area contributed by atoms with Crippen molar-refractivity contribution >= 4 is 11.8 Å². The van der Waals surface area contributed by atoms with Gasteiger partial charge in [-0.15, -0.1) is 0 Å². The molecular formula is C28H40O8. The Morgan fingerprint density at radius 2 is 1.89 bits per heavy atom. The Kier molecular flexibility index (Phi) is 6.74. The summed E-state index contributed by atoms with van der Waals surface area (Å²) in [5.41, 5.74) is 1.07. The van der Waals surface area contributed by atoms with Crippen molar-refractivity contribution in [1.29, 1.82) is 0 Å². The molecule has 2 saturated carbocycles. The Labute approximate surface area is 213 Å². The van der Waals surface area contributed by atoms with Gasteiger partial charge in [-0.2, -0.15) is 0 Å². The number of hydrogen-bond acceptors (Lipinski definition) is 8. The number of Topliss-reactive ketones (excluding diaryl/α,β-unsaturated/α-hetero) is 1. The fourth-order valence-corrected chi connectivity index (χ4v) is 7.73. The zero-order valence-electron chi connectivity index (χ0n) is 21.9. The number of esters is 1. The lowest BCUT2D eigenvalue weighted by Crippen LogP contribution is -2.55. The predicted molar refractivity (Wildman–Crippen MR) is 130 cm³/mol. The van der Waals surface area contributed by atoms with Gasteiger partial charge in [0, 0.05) is 25.5 Å². The molecule has 0 radical (unpaired) electrons. The monoisotopic (exact) mass is 504 g/mol. The molecule has 3 aliphatic carbocycles. The number of methoxy groups -OCH3 is 1. The number of aliphatic hydroxyl groups is 2. The van der Waals surface area contributed by atoms with Gasteiger partial charge in [0.1, 0.15) is 18.0 Å². The lowest BCUT2D eigenvalue weighted by Gasteiger charge is -2.56. The number of ether oxygens (including phenoxy) is 4. The molecular weight excluding hydrogens is 464 g/mol. The van der Waals surface area contributed by atoms with Gasteiger partial charge in [0.2, 0.25) is 0 Å². The molecule has 2 N–H and O–H groups in total. The van der Waals surface area contributed by atoms with E-state index in [1.165, 1.54) is 11.6 Å². The normalized spacial score (nSPS) is 49.0. The van der Waals surface area contributed by atoms with Crippen LogP contribution in [-0.2, 0) is 28.5 Å². The molecule has 0 amide bonds. The molecule has 8 heteroatoms. The lowest BCUT2D eigenvalue weighted by molar-refractivity contribution is -0.275. The number of carbonyl (C=O) groups is 2. The van der Waals surface area contributed by atoms with Gasteiger partial charge in [0.25, 0.3) is 0 Å². The van der Waals surface area contributed by atoms with Crippen molar-refractivity contribution in [1.82, 2.24) is 0 Å². The highest BCUT2D eigenvalue weighted by molar-refractivity contribution is 5.95. The van der Waals surface area contributed by atoms with Crippen LogP contribution in [0.4, 0.5) is 0 Å². The van der Waals surface area contributed by atoms with Crippen LogP contribution in [0.3, 0.4) is 0 Å². The molecule has 8 nitrogen and oxygen atoms in total. The molecule has 0 aromatic heterocycles. The fraction of sp³-hybridized carbons (Fsp3) is 0.786. The van der Waals surface area contributed by atoms with E-state index in [0.717, 1.165) is 12.0 Å². The second kappa shape index (κ2) is 9.31. The van der Waals surface area contributed by atoms with Crippen LogP contribution in [0.2, 0.25) is 0 Å². The molecule has 0 aromatic rings.